The molecule has 0 saturated heterocycles. The van der Waals surface area contributed by atoms with Crippen LogP contribution in [0.1, 0.15) is 0 Å². The Hall–Kier alpha value is -0.280. The highest BCUT2D eigenvalue weighted by molar-refractivity contribution is 8.05. The van der Waals surface area contributed by atoms with E-state index in [0.29, 0.717) is 11.8 Å². The van der Waals surface area contributed by atoms with Gasteiger partial charge in [0.2, 0.25) is 0 Å². The van der Waals surface area contributed by atoms with Crippen molar-refractivity contribution in [1.29, 1.82) is 0 Å². The van der Waals surface area contributed by atoms with Crippen LogP contribution in [0.2, 0.25) is 0 Å². The van der Waals surface area contributed by atoms with Gasteiger partial charge in [0.25, 0.3) is 0 Å². The van der Waals surface area contributed by atoms with Gasteiger partial charge < -0.3 is 0 Å². The van der Waals surface area contributed by atoms with Crippen molar-refractivity contribution in [2.75, 3.05) is 11.8 Å². The van der Waals surface area contributed by atoms with Gasteiger partial charge in [-0.15, -0.1) is 23.2 Å². The lowest BCUT2D eigenvalue weighted by Gasteiger charge is -2.17. The fourth-order valence-electron chi connectivity index (χ4n) is 1.47. The second kappa shape index (κ2) is 7.34. The van der Waals surface area contributed by atoms with Crippen molar-refractivity contribution in [2.24, 2.45) is 0 Å². The van der Waals surface area contributed by atoms with Crippen molar-refractivity contribution in [3.05, 3.63) is 48.5 Å². The zero-order valence-electron chi connectivity index (χ0n) is 9.61. The highest BCUT2D eigenvalue weighted by atomic mass is 35.5. The van der Waals surface area contributed by atoms with Gasteiger partial charge in [0.1, 0.15) is 0 Å². The molecule has 0 saturated carbocycles. The van der Waals surface area contributed by atoms with E-state index < -0.39 is 0 Å². The summed E-state index contributed by atoms with van der Waals surface area (Å²) in [6, 6.07) is 17.1. The van der Waals surface area contributed by atoms with E-state index in [9.17, 15) is 0 Å². The summed E-state index contributed by atoms with van der Waals surface area (Å²) in [5, 5.41) is 0. The molecule has 0 spiro atoms. The molecular formula is C14H12Cl2S2. The van der Waals surface area contributed by atoms with E-state index in [1.54, 1.807) is 0 Å². The molecule has 0 amide bonds. The summed E-state index contributed by atoms with van der Waals surface area (Å²) in [5.41, 5.74) is 0. The number of benzene rings is 2. The first kappa shape index (κ1) is 14.1. The zero-order chi connectivity index (χ0) is 12.8. The third-order valence-electron chi connectivity index (χ3n) is 2.21. The molecule has 0 bridgehead atoms. The van der Waals surface area contributed by atoms with E-state index in [0.717, 1.165) is 0 Å². The van der Waals surface area contributed by atoms with Crippen LogP contribution in [-0.4, -0.2) is 11.8 Å². The van der Waals surface area contributed by atoms with Crippen LogP contribution in [0.3, 0.4) is 0 Å². The molecule has 0 unspecified atom stereocenters. The minimum Gasteiger partial charge on any atom is -0.125 e. The van der Waals surface area contributed by atoms with Gasteiger partial charge >= 0.3 is 0 Å². The van der Waals surface area contributed by atoms with E-state index in [1.807, 2.05) is 23.5 Å². The van der Waals surface area contributed by atoms with E-state index in [2.05, 4.69) is 48.5 Å². The fourth-order valence-corrected chi connectivity index (χ4v) is 3.71. The number of fused-ring (bicyclic) bond motifs is 2. The highest BCUT2D eigenvalue weighted by Gasteiger charge is 2.14. The third kappa shape index (κ3) is 3.61. The van der Waals surface area contributed by atoms with Crippen molar-refractivity contribution < 1.29 is 0 Å². The summed E-state index contributed by atoms with van der Waals surface area (Å²) in [5.74, 6) is 1.11. The molecule has 2 aromatic carbocycles. The maximum Gasteiger partial charge on any atom is 0.0359 e. The van der Waals surface area contributed by atoms with Crippen LogP contribution in [0.5, 0.6) is 0 Å². The summed E-state index contributed by atoms with van der Waals surface area (Å²) < 4.78 is 0. The SMILES string of the molecule is ClCCCl.c1ccc2c(c1)Sc1ccccc1S2. The number of hydrogen-bond acceptors (Lipinski definition) is 2. The predicted molar refractivity (Wildman–Crippen MR) is 82.6 cm³/mol. The third-order valence-corrected chi connectivity index (χ3v) is 5.34. The quantitative estimate of drug-likeness (QED) is 0.523. The van der Waals surface area contributed by atoms with Crippen LogP contribution < -0.4 is 0 Å². The summed E-state index contributed by atoms with van der Waals surface area (Å²) in [6.07, 6.45) is 0. The molecule has 3 rings (SSSR count). The lowest BCUT2D eigenvalue weighted by Crippen LogP contribution is -1.87. The molecule has 0 fully saturated rings. The Morgan fingerprint density at radius 1 is 0.611 bits per heavy atom. The first-order valence-electron chi connectivity index (χ1n) is 5.51. The highest BCUT2D eigenvalue weighted by Crippen LogP contribution is 2.47. The van der Waals surface area contributed by atoms with Crippen molar-refractivity contribution in [3.63, 3.8) is 0 Å². The van der Waals surface area contributed by atoms with Gasteiger partial charge in [0.05, 0.1) is 0 Å². The first-order chi connectivity index (χ1) is 8.85. The van der Waals surface area contributed by atoms with Crippen molar-refractivity contribution >= 4 is 46.7 Å². The van der Waals surface area contributed by atoms with Gasteiger partial charge in [0, 0.05) is 31.3 Å². The molecule has 0 aliphatic carbocycles. The molecule has 0 atom stereocenters. The molecule has 4 heteroatoms. The molecule has 1 heterocycles. The second-order valence-electron chi connectivity index (χ2n) is 3.48. The Morgan fingerprint density at radius 2 is 0.889 bits per heavy atom. The van der Waals surface area contributed by atoms with Crippen molar-refractivity contribution in [1.82, 2.24) is 0 Å². The number of rotatable bonds is 1. The lowest BCUT2D eigenvalue weighted by atomic mass is 10.3. The van der Waals surface area contributed by atoms with E-state index in [4.69, 9.17) is 23.2 Å². The van der Waals surface area contributed by atoms with Crippen LogP contribution >= 0.6 is 46.7 Å². The first-order valence-corrected chi connectivity index (χ1v) is 8.21. The minimum atomic E-state index is 0.557. The Bertz CT molecular complexity index is 425. The molecular weight excluding hydrogens is 303 g/mol. The summed E-state index contributed by atoms with van der Waals surface area (Å²) in [6.45, 7) is 0. The number of halogens is 2. The normalized spacial score (nSPS) is 11.9. The Labute approximate surface area is 126 Å². The van der Waals surface area contributed by atoms with Gasteiger partial charge in [-0.05, 0) is 24.3 Å². The molecule has 0 radical (unpaired) electrons. The molecule has 1 aliphatic heterocycles. The van der Waals surface area contributed by atoms with Crippen LogP contribution in [-0.2, 0) is 0 Å². The number of alkyl halides is 2. The monoisotopic (exact) mass is 314 g/mol. The molecule has 18 heavy (non-hydrogen) atoms. The second-order valence-corrected chi connectivity index (χ2v) is 6.40. The Balaban J connectivity index is 0.000000267. The number of hydrogen-bond donors (Lipinski definition) is 0. The average molecular weight is 315 g/mol. The van der Waals surface area contributed by atoms with Crippen molar-refractivity contribution in [3.8, 4) is 0 Å². The largest absolute Gasteiger partial charge is 0.125 e. The molecule has 0 nitrogen and oxygen atoms in total. The lowest BCUT2D eigenvalue weighted by molar-refractivity contribution is 1.16. The molecule has 1 aliphatic rings. The smallest absolute Gasteiger partial charge is 0.0359 e. The van der Waals surface area contributed by atoms with Gasteiger partial charge in [-0.25, -0.2) is 0 Å². The van der Waals surface area contributed by atoms with E-state index >= 15 is 0 Å². The predicted octanol–water partition coefficient (Wildman–Crippen LogP) is 5.77. The maximum atomic E-state index is 5.05. The zero-order valence-corrected chi connectivity index (χ0v) is 12.8. The van der Waals surface area contributed by atoms with Gasteiger partial charge in [-0.1, -0.05) is 47.8 Å². The minimum absolute atomic E-state index is 0.557. The van der Waals surface area contributed by atoms with Crippen LogP contribution in [0, 0.1) is 0 Å². The fraction of sp³-hybridized carbons (Fsp3) is 0.143. The van der Waals surface area contributed by atoms with Gasteiger partial charge in [0.15, 0.2) is 0 Å². The summed E-state index contributed by atoms with van der Waals surface area (Å²) in [7, 11) is 0. The maximum absolute atomic E-state index is 5.05. The van der Waals surface area contributed by atoms with Crippen LogP contribution in [0.25, 0.3) is 0 Å². The van der Waals surface area contributed by atoms with Gasteiger partial charge in [-0.3, -0.25) is 0 Å². The summed E-state index contributed by atoms with van der Waals surface area (Å²) >= 11 is 13.8. The topological polar surface area (TPSA) is 0 Å². The van der Waals surface area contributed by atoms with Crippen LogP contribution in [0.15, 0.2) is 68.1 Å². The summed E-state index contributed by atoms with van der Waals surface area (Å²) in [4.78, 5) is 5.49. The Kier molecular flexibility index (Phi) is 5.77. The van der Waals surface area contributed by atoms with E-state index in [1.165, 1.54) is 19.6 Å². The molecule has 0 N–H and O–H groups in total. The van der Waals surface area contributed by atoms with E-state index in [-0.39, 0.29) is 0 Å². The standard InChI is InChI=1S/C12H8S2.C2H4Cl2/c1-2-6-10-9(5-1)13-11-7-3-4-8-12(11)14-10;3-1-2-4/h1-8H;1-2H2. The molecule has 0 aromatic heterocycles. The molecule has 2 aromatic rings. The van der Waals surface area contributed by atoms with Crippen molar-refractivity contribution in [2.45, 2.75) is 19.6 Å². The van der Waals surface area contributed by atoms with Crippen LogP contribution in [0.4, 0.5) is 0 Å². The average Bonchev–Trinajstić information content (AvgIpc) is 2.45. The molecule has 94 valence electrons. The van der Waals surface area contributed by atoms with Gasteiger partial charge in [-0.2, -0.15) is 0 Å². The Morgan fingerprint density at radius 3 is 1.11 bits per heavy atom.